The van der Waals surface area contributed by atoms with Crippen molar-refractivity contribution in [2.75, 3.05) is 0 Å². The van der Waals surface area contributed by atoms with Crippen molar-refractivity contribution in [2.45, 2.75) is 38.5 Å². The molecule has 10 aromatic carbocycles. The maximum absolute atomic E-state index is 5.35. The predicted octanol–water partition coefficient (Wildman–Crippen LogP) is 19.5. The van der Waals surface area contributed by atoms with Gasteiger partial charge >= 0.3 is 0 Å². The second-order valence-electron chi connectivity index (χ2n) is 22.0. The fraction of sp³-hybridized carbons (Fsp3) is 0.0800. The number of fused-ring (bicyclic) bond motifs is 6. The van der Waals surface area contributed by atoms with Crippen molar-refractivity contribution in [3.8, 4) is 123 Å². The van der Waals surface area contributed by atoms with Crippen LogP contribution in [0.3, 0.4) is 0 Å². The maximum atomic E-state index is 5.35. The van der Waals surface area contributed by atoms with Crippen LogP contribution in [0, 0.1) is 0 Å². The highest BCUT2D eigenvalue weighted by Crippen LogP contribution is 2.51. The minimum absolute atomic E-state index is 0.0272. The summed E-state index contributed by atoms with van der Waals surface area (Å²) in [4.78, 5) is 15.9. The van der Waals surface area contributed by atoms with Crippen molar-refractivity contribution in [3.63, 3.8) is 0 Å². The molecule has 0 amide bonds. The Balaban J connectivity index is 0.801. The van der Waals surface area contributed by atoms with Gasteiger partial charge in [-0.15, -0.1) is 0 Å². The SMILES string of the molecule is CC1(C)c2ccccc2-c2cc(-c3ccc(-c4nc(-c5ccccc5)cc(-c5cccc(-c6cccc(-c7cc(-c8ccccc8)nc(-c8cccc(-c9ccc%10c(c9)-c9ccccc9C%10(C)C)c8)c7)c6)c5)n4)cc3)ccc21. The van der Waals surface area contributed by atoms with Gasteiger partial charge in [0.1, 0.15) is 0 Å². The molecule has 370 valence electrons. The number of pyridine rings is 1. The van der Waals surface area contributed by atoms with E-state index in [1.807, 2.05) is 6.07 Å². The first-order chi connectivity index (χ1) is 38.1. The summed E-state index contributed by atoms with van der Waals surface area (Å²) < 4.78 is 0. The Morgan fingerprint density at radius 3 is 1.05 bits per heavy atom. The standard InChI is InChI=1S/C75H55N3/c1-74(2)65-30-13-11-28-61(65)63-43-56(36-38-67(63)74)48-32-34-51(35-33-48)73-77-71(50-20-9-6-10-21-50)47-72(78-73)59-27-16-23-53(41-59)52-22-15-25-55(40-52)60-45-69(49-18-7-5-8-19-49)76-70(46-60)58-26-17-24-54(42-58)57-37-39-68-64(44-57)62-29-12-14-31-66(62)75(68,3)4/h5-47H,1-4H3. The fourth-order valence-corrected chi connectivity index (χ4v) is 12.3. The lowest BCUT2D eigenvalue weighted by molar-refractivity contribution is 0.660. The number of hydrogen-bond acceptors (Lipinski definition) is 3. The molecule has 0 aliphatic heterocycles. The van der Waals surface area contributed by atoms with E-state index in [0.29, 0.717) is 5.82 Å². The highest BCUT2D eigenvalue weighted by molar-refractivity contribution is 5.88. The van der Waals surface area contributed by atoms with Crippen molar-refractivity contribution in [2.24, 2.45) is 0 Å². The Morgan fingerprint density at radius 1 is 0.205 bits per heavy atom. The van der Waals surface area contributed by atoms with Crippen LogP contribution >= 0.6 is 0 Å². The van der Waals surface area contributed by atoms with Gasteiger partial charge < -0.3 is 0 Å². The molecule has 2 aromatic heterocycles. The zero-order chi connectivity index (χ0) is 52.5. The summed E-state index contributed by atoms with van der Waals surface area (Å²) in [7, 11) is 0. The van der Waals surface area contributed by atoms with Crippen molar-refractivity contribution in [1.82, 2.24) is 15.0 Å². The number of nitrogens with zero attached hydrogens (tertiary/aromatic N) is 3. The van der Waals surface area contributed by atoms with Gasteiger partial charge in [-0.1, -0.05) is 240 Å². The molecule has 0 radical (unpaired) electrons. The van der Waals surface area contributed by atoms with E-state index in [9.17, 15) is 0 Å². The minimum atomic E-state index is -0.0376. The summed E-state index contributed by atoms with van der Waals surface area (Å²) in [6.45, 7) is 9.32. The van der Waals surface area contributed by atoms with Gasteiger partial charge in [-0.2, -0.15) is 0 Å². The van der Waals surface area contributed by atoms with Gasteiger partial charge in [-0.25, -0.2) is 15.0 Å². The summed E-state index contributed by atoms with van der Waals surface area (Å²) in [6, 6.07) is 94.3. The molecule has 2 aliphatic rings. The van der Waals surface area contributed by atoms with E-state index >= 15 is 0 Å². The Hall–Kier alpha value is -9.57. The molecule has 2 heterocycles. The first-order valence-corrected chi connectivity index (χ1v) is 27.1. The molecule has 0 bridgehead atoms. The third kappa shape index (κ3) is 8.18. The van der Waals surface area contributed by atoms with Gasteiger partial charge in [-0.05, 0) is 138 Å². The molecule has 0 saturated carbocycles. The lowest BCUT2D eigenvalue weighted by Gasteiger charge is -2.21. The molecule has 0 spiro atoms. The molecule has 2 aliphatic carbocycles. The van der Waals surface area contributed by atoms with Crippen molar-refractivity contribution in [3.05, 3.63) is 283 Å². The van der Waals surface area contributed by atoms with E-state index in [-0.39, 0.29) is 10.8 Å². The number of aromatic nitrogens is 3. The fourth-order valence-electron chi connectivity index (χ4n) is 12.3. The monoisotopic (exact) mass is 997 g/mol. The van der Waals surface area contributed by atoms with Gasteiger partial charge in [0.15, 0.2) is 5.82 Å². The van der Waals surface area contributed by atoms with Crippen LogP contribution in [0.5, 0.6) is 0 Å². The van der Waals surface area contributed by atoms with Crippen LogP contribution in [0.2, 0.25) is 0 Å². The Morgan fingerprint density at radius 2 is 0.538 bits per heavy atom. The van der Waals surface area contributed by atoms with Crippen LogP contribution in [-0.2, 0) is 10.8 Å². The second kappa shape index (κ2) is 18.6. The van der Waals surface area contributed by atoms with Crippen LogP contribution in [-0.4, -0.2) is 15.0 Å². The molecule has 0 atom stereocenters. The molecule has 0 saturated heterocycles. The van der Waals surface area contributed by atoms with Gasteiger partial charge in [0.2, 0.25) is 0 Å². The average Bonchev–Trinajstić information content (AvgIpc) is 3.96. The molecule has 3 heteroatoms. The maximum Gasteiger partial charge on any atom is 0.160 e. The molecule has 14 rings (SSSR count). The van der Waals surface area contributed by atoms with Gasteiger partial charge in [0.25, 0.3) is 0 Å². The highest BCUT2D eigenvalue weighted by atomic mass is 14.9. The quantitative estimate of drug-likeness (QED) is 0.145. The first kappa shape index (κ1) is 46.9. The predicted molar refractivity (Wildman–Crippen MR) is 324 cm³/mol. The molecule has 0 fully saturated rings. The zero-order valence-corrected chi connectivity index (χ0v) is 44.2. The normalized spacial score (nSPS) is 13.3. The second-order valence-corrected chi connectivity index (χ2v) is 22.0. The van der Waals surface area contributed by atoms with Gasteiger partial charge in [0.05, 0.1) is 22.8 Å². The van der Waals surface area contributed by atoms with E-state index in [1.165, 1.54) is 61.2 Å². The van der Waals surface area contributed by atoms with E-state index in [4.69, 9.17) is 15.0 Å². The number of rotatable bonds is 9. The Kier molecular flexibility index (Phi) is 11.2. The summed E-state index contributed by atoms with van der Waals surface area (Å²) in [5.41, 5.74) is 28.7. The van der Waals surface area contributed by atoms with Crippen LogP contribution in [0.25, 0.3) is 123 Å². The zero-order valence-electron chi connectivity index (χ0n) is 44.2. The highest BCUT2D eigenvalue weighted by Gasteiger charge is 2.36. The summed E-state index contributed by atoms with van der Waals surface area (Å²) >= 11 is 0. The minimum Gasteiger partial charge on any atom is -0.248 e. The molecule has 0 unspecified atom stereocenters. The Labute approximate surface area is 457 Å². The first-order valence-electron chi connectivity index (χ1n) is 27.1. The number of hydrogen-bond donors (Lipinski definition) is 0. The summed E-state index contributed by atoms with van der Waals surface area (Å²) in [5, 5.41) is 0. The molecule has 12 aromatic rings. The van der Waals surface area contributed by atoms with Gasteiger partial charge in [-0.3, -0.25) is 0 Å². The number of benzene rings is 10. The third-order valence-corrected chi connectivity index (χ3v) is 16.5. The van der Waals surface area contributed by atoms with Crippen molar-refractivity contribution in [1.29, 1.82) is 0 Å². The van der Waals surface area contributed by atoms with Crippen molar-refractivity contribution < 1.29 is 0 Å². The van der Waals surface area contributed by atoms with Crippen molar-refractivity contribution >= 4 is 0 Å². The average molecular weight is 998 g/mol. The third-order valence-electron chi connectivity index (χ3n) is 16.5. The topological polar surface area (TPSA) is 38.7 Å². The van der Waals surface area contributed by atoms with E-state index in [1.54, 1.807) is 0 Å². The molecule has 0 N–H and O–H groups in total. The lowest BCUT2D eigenvalue weighted by atomic mass is 9.82. The van der Waals surface area contributed by atoms with Crippen LogP contribution in [0.4, 0.5) is 0 Å². The van der Waals surface area contributed by atoms with Gasteiger partial charge in [0, 0.05) is 38.6 Å². The van der Waals surface area contributed by atoms with E-state index < -0.39 is 0 Å². The summed E-state index contributed by atoms with van der Waals surface area (Å²) in [5.74, 6) is 0.685. The van der Waals surface area contributed by atoms with Crippen LogP contribution < -0.4 is 0 Å². The van der Waals surface area contributed by atoms with E-state index in [0.717, 1.165) is 78.4 Å². The van der Waals surface area contributed by atoms with Crippen LogP contribution in [0.15, 0.2) is 261 Å². The molecular weight excluding hydrogens is 943 g/mol. The largest absolute Gasteiger partial charge is 0.248 e. The Bertz CT molecular complexity index is 4300. The van der Waals surface area contributed by atoms with Crippen LogP contribution in [0.1, 0.15) is 49.9 Å². The molecule has 78 heavy (non-hydrogen) atoms. The molecule has 3 nitrogen and oxygen atoms in total. The van der Waals surface area contributed by atoms with E-state index in [2.05, 4.69) is 282 Å². The molecular formula is C75H55N3. The smallest absolute Gasteiger partial charge is 0.160 e. The lowest BCUT2D eigenvalue weighted by Crippen LogP contribution is -2.14. The summed E-state index contributed by atoms with van der Waals surface area (Å²) in [6.07, 6.45) is 0.